The largest absolute Gasteiger partial charge is 0.352 e. The Balaban J connectivity index is 2.21. The van der Waals surface area contributed by atoms with E-state index in [9.17, 15) is 4.79 Å². The van der Waals surface area contributed by atoms with Crippen molar-refractivity contribution in [3.05, 3.63) is 11.6 Å². The molecule has 0 unspecified atom stereocenters. The van der Waals surface area contributed by atoms with Gasteiger partial charge in [0.05, 0.1) is 6.61 Å². The van der Waals surface area contributed by atoms with Crippen LogP contribution in [0.2, 0.25) is 0 Å². The van der Waals surface area contributed by atoms with Crippen molar-refractivity contribution in [2.75, 3.05) is 13.4 Å². The van der Waals surface area contributed by atoms with E-state index in [1.807, 2.05) is 13.8 Å². The monoisotopic (exact) mass is 184 g/mol. The van der Waals surface area contributed by atoms with Crippen molar-refractivity contribution in [3.8, 4) is 0 Å². The van der Waals surface area contributed by atoms with Gasteiger partial charge >= 0.3 is 0 Å². The minimum absolute atomic E-state index is 0.148. The number of allylic oxidation sites excluding steroid dienone is 2. The van der Waals surface area contributed by atoms with Gasteiger partial charge < -0.3 is 9.47 Å². The maximum absolute atomic E-state index is 11.4. The molecule has 0 saturated carbocycles. The lowest BCUT2D eigenvalue weighted by molar-refractivity contribution is -0.127. The van der Waals surface area contributed by atoms with Crippen LogP contribution in [0.3, 0.4) is 0 Å². The zero-order valence-corrected chi connectivity index (χ0v) is 8.21. The van der Waals surface area contributed by atoms with E-state index in [0.29, 0.717) is 13.0 Å². The van der Waals surface area contributed by atoms with Crippen LogP contribution in [0.15, 0.2) is 11.6 Å². The van der Waals surface area contributed by atoms with Crippen LogP contribution in [-0.4, -0.2) is 25.3 Å². The van der Waals surface area contributed by atoms with E-state index < -0.39 is 0 Å². The maximum atomic E-state index is 11.4. The van der Waals surface area contributed by atoms with Crippen LogP contribution >= 0.6 is 0 Å². The molecule has 0 aliphatic carbocycles. The Bertz CT molecular complexity index is 198. The Morgan fingerprint density at radius 2 is 2.31 bits per heavy atom. The Hall–Kier alpha value is -0.670. The highest BCUT2D eigenvalue weighted by atomic mass is 16.7. The quantitative estimate of drug-likeness (QED) is 0.623. The van der Waals surface area contributed by atoms with Gasteiger partial charge in [-0.15, -0.1) is 0 Å². The van der Waals surface area contributed by atoms with Crippen LogP contribution in [0.1, 0.15) is 26.7 Å². The van der Waals surface area contributed by atoms with Gasteiger partial charge in [-0.05, 0) is 20.3 Å². The first-order valence-electron chi connectivity index (χ1n) is 4.55. The van der Waals surface area contributed by atoms with Crippen LogP contribution < -0.4 is 0 Å². The van der Waals surface area contributed by atoms with Crippen LogP contribution in [0.4, 0.5) is 0 Å². The van der Waals surface area contributed by atoms with Gasteiger partial charge in [0.25, 0.3) is 0 Å². The number of carbonyl (C=O) groups excluding carboxylic acids is 1. The summed E-state index contributed by atoms with van der Waals surface area (Å²) in [5, 5.41) is 0. The van der Waals surface area contributed by atoms with E-state index in [2.05, 4.69) is 6.08 Å². The van der Waals surface area contributed by atoms with Crippen molar-refractivity contribution < 1.29 is 14.3 Å². The van der Waals surface area contributed by atoms with Crippen LogP contribution in [0.25, 0.3) is 0 Å². The molecule has 1 aliphatic rings. The van der Waals surface area contributed by atoms with Crippen molar-refractivity contribution in [3.63, 3.8) is 0 Å². The van der Waals surface area contributed by atoms with Crippen molar-refractivity contribution in [2.24, 2.45) is 0 Å². The van der Waals surface area contributed by atoms with Crippen molar-refractivity contribution in [2.45, 2.75) is 32.8 Å². The summed E-state index contributed by atoms with van der Waals surface area (Å²) in [4.78, 5) is 11.4. The van der Waals surface area contributed by atoms with Gasteiger partial charge in [-0.2, -0.15) is 0 Å². The third-order valence-electron chi connectivity index (χ3n) is 1.92. The Labute approximate surface area is 78.7 Å². The van der Waals surface area contributed by atoms with Crippen LogP contribution in [-0.2, 0) is 14.3 Å². The second kappa shape index (κ2) is 5.14. The van der Waals surface area contributed by atoms with Crippen LogP contribution in [0.5, 0.6) is 0 Å². The number of hydrogen-bond donors (Lipinski definition) is 0. The van der Waals surface area contributed by atoms with Crippen LogP contribution in [0, 0.1) is 0 Å². The summed E-state index contributed by atoms with van der Waals surface area (Å²) in [6.07, 6.45) is 3.11. The summed E-state index contributed by atoms with van der Waals surface area (Å²) >= 11 is 0. The zero-order valence-electron chi connectivity index (χ0n) is 8.21. The minimum atomic E-state index is -0.314. The van der Waals surface area contributed by atoms with Gasteiger partial charge in [0.15, 0.2) is 5.78 Å². The highest BCUT2D eigenvalue weighted by molar-refractivity contribution is 5.83. The lowest BCUT2D eigenvalue weighted by Crippen LogP contribution is -2.22. The smallest absolute Gasteiger partial charge is 0.164 e. The lowest BCUT2D eigenvalue weighted by Gasteiger charge is -2.04. The minimum Gasteiger partial charge on any atom is -0.352 e. The Morgan fingerprint density at radius 3 is 2.85 bits per heavy atom. The molecule has 3 nitrogen and oxygen atoms in total. The highest BCUT2D eigenvalue weighted by Crippen LogP contribution is 2.08. The number of rotatable bonds is 4. The molecule has 1 rings (SSSR count). The molecule has 0 aromatic carbocycles. The number of hydrogen-bond acceptors (Lipinski definition) is 3. The van der Waals surface area contributed by atoms with Gasteiger partial charge in [-0.3, -0.25) is 4.79 Å². The summed E-state index contributed by atoms with van der Waals surface area (Å²) < 4.78 is 10.0. The summed E-state index contributed by atoms with van der Waals surface area (Å²) in [5.41, 5.74) is 1.25. The molecule has 1 fully saturated rings. The summed E-state index contributed by atoms with van der Waals surface area (Å²) in [5.74, 6) is 0.148. The molecule has 13 heavy (non-hydrogen) atoms. The SMILES string of the molecule is CC(C)=CCCC(=O)[C@H]1COCO1. The van der Waals surface area contributed by atoms with Gasteiger partial charge in [0.2, 0.25) is 0 Å². The summed E-state index contributed by atoms with van der Waals surface area (Å²) in [6.45, 7) is 4.74. The molecule has 0 aromatic rings. The topological polar surface area (TPSA) is 35.5 Å². The predicted molar refractivity (Wildman–Crippen MR) is 49.4 cm³/mol. The van der Waals surface area contributed by atoms with Crippen molar-refractivity contribution >= 4 is 5.78 Å². The van der Waals surface area contributed by atoms with E-state index in [1.165, 1.54) is 5.57 Å². The zero-order chi connectivity index (χ0) is 9.68. The fourth-order valence-electron chi connectivity index (χ4n) is 1.18. The summed E-state index contributed by atoms with van der Waals surface area (Å²) in [6, 6.07) is 0. The molecule has 1 heterocycles. The highest BCUT2D eigenvalue weighted by Gasteiger charge is 2.22. The molecule has 0 N–H and O–H groups in total. The van der Waals surface area contributed by atoms with Gasteiger partial charge in [0, 0.05) is 6.42 Å². The molecule has 1 saturated heterocycles. The number of ketones is 1. The van der Waals surface area contributed by atoms with E-state index >= 15 is 0 Å². The standard InChI is InChI=1S/C10H16O3/c1-8(2)4-3-5-9(11)10-6-12-7-13-10/h4,10H,3,5-7H2,1-2H3/t10-/m1/s1. The Morgan fingerprint density at radius 1 is 1.54 bits per heavy atom. The molecule has 74 valence electrons. The Kier molecular flexibility index (Phi) is 4.12. The third-order valence-corrected chi connectivity index (χ3v) is 1.92. The first-order chi connectivity index (χ1) is 6.20. The molecular weight excluding hydrogens is 168 g/mol. The summed E-state index contributed by atoms with van der Waals surface area (Å²) in [7, 11) is 0. The average Bonchev–Trinajstić information content (AvgIpc) is 2.55. The number of ether oxygens (including phenoxy) is 2. The average molecular weight is 184 g/mol. The molecule has 0 aromatic heterocycles. The first kappa shape index (κ1) is 10.4. The van der Waals surface area contributed by atoms with Crippen molar-refractivity contribution in [1.82, 2.24) is 0 Å². The molecule has 1 atom stereocenters. The predicted octanol–water partition coefficient (Wildman–Crippen LogP) is 1.67. The number of Topliss-reactive ketones (excluding diaryl/α,β-unsaturated/α-hetero) is 1. The van der Waals surface area contributed by atoms with E-state index in [1.54, 1.807) is 0 Å². The van der Waals surface area contributed by atoms with Gasteiger partial charge in [0.1, 0.15) is 12.9 Å². The molecule has 0 bridgehead atoms. The molecule has 0 spiro atoms. The normalized spacial score (nSPS) is 21.5. The molecular formula is C10H16O3. The van der Waals surface area contributed by atoms with E-state index in [0.717, 1.165) is 6.42 Å². The van der Waals surface area contributed by atoms with Crippen molar-refractivity contribution in [1.29, 1.82) is 0 Å². The van der Waals surface area contributed by atoms with Gasteiger partial charge in [-0.25, -0.2) is 0 Å². The fourth-order valence-corrected chi connectivity index (χ4v) is 1.18. The second-order valence-electron chi connectivity index (χ2n) is 3.43. The molecule has 3 heteroatoms. The van der Waals surface area contributed by atoms with E-state index in [-0.39, 0.29) is 18.7 Å². The first-order valence-corrected chi connectivity index (χ1v) is 4.55. The lowest BCUT2D eigenvalue weighted by atomic mass is 10.1. The third kappa shape index (κ3) is 3.70. The molecule has 0 amide bonds. The number of carbonyl (C=O) groups is 1. The molecule has 0 radical (unpaired) electrons. The second-order valence-corrected chi connectivity index (χ2v) is 3.43. The fraction of sp³-hybridized carbons (Fsp3) is 0.700. The van der Waals surface area contributed by atoms with E-state index in [4.69, 9.17) is 9.47 Å². The molecule has 1 aliphatic heterocycles. The van der Waals surface area contributed by atoms with Gasteiger partial charge in [-0.1, -0.05) is 11.6 Å². The maximum Gasteiger partial charge on any atom is 0.164 e.